The normalized spacial score (nSPS) is 25.7. The third-order valence-electron chi connectivity index (χ3n) is 5.53. The van der Waals surface area contributed by atoms with E-state index in [1.165, 1.54) is 11.1 Å². The van der Waals surface area contributed by atoms with Crippen molar-refractivity contribution in [1.82, 2.24) is 9.96 Å². The van der Waals surface area contributed by atoms with E-state index in [2.05, 4.69) is 9.89 Å². The summed E-state index contributed by atoms with van der Waals surface area (Å²) < 4.78 is 26.2. The Morgan fingerprint density at radius 2 is 1.97 bits per heavy atom. The molecule has 2 aliphatic rings. The van der Waals surface area contributed by atoms with E-state index >= 15 is 0 Å². The maximum absolute atomic E-state index is 13.1. The molecular weight excluding hydrogens is 418 g/mol. The Hall–Kier alpha value is -1.68. The van der Waals surface area contributed by atoms with Crippen molar-refractivity contribution < 1.29 is 23.2 Å². The van der Waals surface area contributed by atoms with E-state index in [9.17, 15) is 18.3 Å². The van der Waals surface area contributed by atoms with Gasteiger partial charge < -0.3 is 14.8 Å². The van der Waals surface area contributed by atoms with Crippen LogP contribution in [-0.4, -0.2) is 73.5 Å². The van der Waals surface area contributed by atoms with Crippen LogP contribution in [0.1, 0.15) is 31.2 Å². The zero-order valence-electron chi connectivity index (χ0n) is 16.7. The predicted molar refractivity (Wildman–Crippen MR) is 110 cm³/mol. The van der Waals surface area contributed by atoms with Gasteiger partial charge in [0.15, 0.2) is 16.0 Å². The van der Waals surface area contributed by atoms with Crippen LogP contribution in [0.15, 0.2) is 28.1 Å². The molecule has 1 heterocycles. The van der Waals surface area contributed by atoms with Gasteiger partial charge in [-0.15, -0.1) is 5.06 Å². The maximum atomic E-state index is 13.1. The third-order valence-corrected chi connectivity index (χ3v) is 7.86. The SMILES string of the molecule is Cc1cccc(Cl)c1S(=O)(=O)CC1N=C(C(=O)O)ON1C1CCC(N(C)C)CC1. The average molecular weight is 444 g/mol. The highest BCUT2D eigenvalue weighted by Gasteiger charge is 2.41. The average Bonchev–Trinajstić information content (AvgIpc) is 3.04. The van der Waals surface area contributed by atoms with Crippen molar-refractivity contribution in [1.29, 1.82) is 0 Å². The summed E-state index contributed by atoms with van der Waals surface area (Å²) in [6, 6.07) is 5.24. The first-order valence-electron chi connectivity index (χ1n) is 9.52. The summed E-state index contributed by atoms with van der Waals surface area (Å²) in [4.78, 5) is 23.2. The maximum Gasteiger partial charge on any atom is 0.393 e. The topological polar surface area (TPSA) is 99.5 Å². The minimum atomic E-state index is -3.81. The molecule has 0 radical (unpaired) electrons. The number of hydrogen-bond donors (Lipinski definition) is 1. The van der Waals surface area contributed by atoms with Gasteiger partial charge in [0.2, 0.25) is 0 Å². The van der Waals surface area contributed by atoms with E-state index in [-0.39, 0.29) is 16.0 Å². The van der Waals surface area contributed by atoms with Gasteiger partial charge in [0.25, 0.3) is 0 Å². The van der Waals surface area contributed by atoms with Crippen LogP contribution in [0.25, 0.3) is 0 Å². The van der Waals surface area contributed by atoms with Crippen LogP contribution in [-0.2, 0) is 19.5 Å². The van der Waals surface area contributed by atoms with Gasteiger partial charge in [0.05, 0.1) is 15.7 Å². The van der Waals surface area contributed by atoms with Crippen molar-refractivity contribution in [2.75, 3.05) is 19.8 Å². The number of benzene rings is 1. The highest BCUT2D eigenvalue weighted by Crippen LogP contribution is 2.32. The Kier molecular flexibility index (Phi) is 6.52. The van der Waals surface area contributed by atoms with Crippen molar-refractivity contribution >= 4 is 33.3 Å². The monoisotopic (exact) mass is 443 g/mol. The van der Waals surface area contributed by atoms with Gasteiger partial charge in [0, 0.05) is 12.1 Å². The molecule has 8 nitrogen and oxygen atoms in total. The molecule has 0 aromatic heterocycles. The van der Waals surface area contributed by atoms with Gasteiger partial charge in [-0.2, -0.15) is 0 Å². The first-order chi connectivity index (χ1) is 13.6. The number of halogens is 1. The molecule has 1 aliphatic heterocycles. The number of aliphatic imine (C=N–C) groups is 1. The number of sulfone groups is 1. The smallest absolute Gasteiger partial charge is 0.393 e. The summed E-state index contributed by atoms with van der Waals surface area (Å²) >= 11 is 6.15. The molecule has 0 saturated heterocycles. The molecule has 0 amide bonds. The van der Waals surface area contributed by atoms with Crippen LogP contribution in [0.3, 0.4) is 0 Å². The minimum Gasteiger partial charge on any atom is -0.474 e. The Balaban J connectivity index is 1.83. The summed E-state index contributed by atoms with van der Waals surface area (Å²) in [6.45, 7) is 1.68. The second kappa shape index (κ2) is 8.59. The minimum absolute atomic E-state index is 0.0527. The van der Waals surface area contributed by atoms with Crippen molar-refractivity contribution in [3.8, 4) is 0 Å². The summed E-state index contributed by atoms with van der Waals surface area (Å²) in [5.41, 5.74) is 0.539. The molecule has 1 atom stereocenters. The molecule has 1 unspecified atom stereocenters. The lowest BCUT2D eigenvalue weighted by molar-refractivity contribution is -0.145. The first kappa shape index (κ1) is 22.0. The number of carboxylic acid groups (broad SMARTS) is 1. The van der Waals surface area contributed by atoms with Crippen molar-refractivity contribution in [2.24, 2.45) is 4.99 Å². The molecule has 1 aromatic rings. The van der Waals surface area contributed by atoms with Gasteiger partial charge in [0.1, 0.15) is 0 Å². The molecule has 0 bridgehead atoms. The van der Waals surface area contributed by atoms with E-state index < -0.39 is 33.6 Å². The Labute approximate surface area is 176 Å². The predicted octanol–water partition coefficient (Wildman–Crippen LogP) is 2.35. The molecule has 160 valence electrons. The number of hydroxylamine groups is 2. The number of rotatable bonds is 6. The second-order valence-corrected chi connectivity index (χ2v) is 10.1. The van der Waals surface area contributed by atoms with E-state index in [0.717, 1.165) is 25.7 Å². The first-order valence-corrected chi connectivity index (χ1v) is 11.5. The largest absolute Gasteiger partial charge is 0.474 e. The third kappa shape index (κ3) is 4.74. The van der Waals surface area contributed by atoms with E-state index in [1.54, 1.807) is 19.1 Å². The lowest BCUT2D eigenvalue weighted by Crippen LogP contribution is -2.46. The number of carbonyl (C=O) groups is 1. The zero-order chi connectivity index (χ0) is 21.3. The highest BCUT2D eigenvalue weighted by atomic mass is 35.5. The molecule has 1 N–H and O–H groups in total. The second-order valence-electron chi connectivity index (χ2n) is 7.76. The zero-order valence-corrected chi connectivity index (χ0v) is 18.3. The molecule has 10 heteroatoms. The fourth-order valence-corrected chi connectivity index (χ4v) is 6.30. The number of aliphatic carboxylic acids is 1. The molecule has 3 rings (SSSR count). The quantitative estimate of drug-likeness (QED) is 0.720. The highest BCUT2D eigenvalue weighted by molar-refractivity contribution is 7.91. The van der Waals surface area contributed by atoms with Crippen LogP contribution >= 0.6 is 11.6 Å². The number of hydrogen-bond acceptors (Lipinski definition) is 7. The number of nitrogens with zero attached hydrogens (tertiary/aromatic N) is 3. The van der Waals surface area contributed by atoms with Gasteiger partial charge in [-0.3, -0.25) is 0 Å². The van der Waals surface area contributed by atoms with E-state index in [0.29, 0.717) is 11.6 Å². The van der Waals surface area contributed by atoms with Crippen molar-refractivity contribution in [3.05, 3.63) is 28.8 Å². The Morgan fingerprint density at radius 1 is 1.31 bits per heavy atom. The number of carboxylic acids is 1. The summed E-state index contributed by atoms with van der Waals surface area (Å²) in [5, 5.41) is 10.9. The molecule has 29 heavy (non-hydrogen) atoms. The lowest BCUT2D eigenvalue weighted by Gasteiger charge is -2.37. The molecule has 1 saturated carbocycles. The standard InChI is InChI=1S/C19H26ClN3O5S/c1-12-5-4-6-15(20)17(12)29(26,27)11-16-21-18(19(24)25)28-23(16)14-9-7-13(8-10-14)22(2)3/h4-6,13-14,16H,7-11H2,1-3H3,(H,24,25). The molecule has 1 aliphatic carbocycles. The van der Waals surface area contributed by atoms with Gasteiger partial charge >= 0.3 is 11.9 Å². The number of aryl methyl sites for hydroxylation is 1. The van der Waals surface area contributed by atoms with Crippen LogP contribution in [0.5, 0.6) is 0 Å². The van der Waals surface area contributed by atoms with Crippen LogP contribution in [0, 0.1) is 6.92 Å². The van der Waals surface area contributed by atoms with Crippen LogP contribution in [0.2, 0.25) is 5.02 Å². The molecule has 1 fully saturated rings. The van der Waals surface area contributed by atoms with E-state index in [4.69, 9.17) is 16.4 Å². The molecule has 0 spiro atoms. The van der Waals surface area contributed by atoms with Gasteiger partial charge in [-0.1, -0.05) is 23.7 Å². The van der Waals surface area contributed by atoms with Gasteiger partial charge in [-0.05, 0) is 58.3 Å². The summed E-state index contributed by atoms with van der Waals surface area (Å²) in [5.74, 6) is -2.19. The van der Waals surface area contributed by atoms with Gasteiger partial charge in [-0.25, -0.2) is 18.2 Å². The van der Waals surface area contributed by atoms with Crippen molar-refractivity contribution in [3.63, 3.8) is 0 Å². The van der Waals surface area contributed by atoms with Crippen LogP contribution in [0.4, 0.5) is 0 Å². The molecular formula is C19H26ClN3O5S. The van der Waals surface area contributed by atoms with E-state index in [1.807, 2.05) is 14.1 Å². The Morgan fingerprint density at radius 3 is 2.52 bits per heavy atom. The van der Waals surface area contributed by atoms with Crippen LogP contribution < -0.4 is 0 Å². The summed E-state index contributed by atoms with van der Waals surface area (Å²) in [6.07, 6.45) is 2.45. The fourth-order valence-electron chi connectivity index (χ4n) is 4.02. The summed E-state index contributed by atoms with van der Waals surface area (Å²) in [7, 11) is 0.252. The fraction of sp³-hybridized carbons (Fsp3) is 0.579. The van der Waals surface area contributed by atoms with Crippen molar-refractivity contribution in [2.45, 2.75) is 55.8 Å². The lowest BCUT2D eigenvalue weighted by atomic mass is 9.90. The molecule has 1 aromatic carbocycles. The Bertz CT molecular complexity index is 890.